The molecule has 24 heavy (non-hydrogen) atoms. The van der Waals surface area contributed by atoms with E-state index in [4.69, 9.17) is 0 Å². The maximum atomic E-state index is 12.3. The van der Waals surface area contributed by atoms with Crippen LogP contribution in [0, 0.1) is 17.3 Å². The third-order valence-corrected chi connectivity index (χ3v) is 7.48. The molecular formula is C19H27N2O2P. The van der Waals surface area contributed by atoms with Crippen LogP contribution >= 0.6 is 7.14 Å². The molecule has 3 aliphatic rings. The molecule has 1 aromatic rings. The van der Waals surface area contributed by atoms with E-state index in [2.05, 4.69) is 31.1 Å². The quantitative estimate of drug-likeness (QED) is 0.641. The van der Waals surface area contributed by atoms with Crippen LogP contribution in [0.25, 0.3) is 0 Å². The van der Waals surface area contributed by atoms with Gasteiger partial charge in [-0.25, -0.2) is 4.79 Å². The molecule has 0 spiro atoms. The molecule has 5 heteroatoms. The number of benzene rings is 1. The van der Waals surface area contributed by atoms with Crippen molar-refractivity contribution in [3.05, 3.63) is 36.4 Å². The molecule has 1 aromatic carbocycles. The van der Waals surface area contributed by atoms with Crippen LogP contribution in [0.5, 0.6) is 0 Å². The first-order valence-corrected chi connectivity index (χ1v) is 11.1. The Morgan fingerprint density at radius 3 is 2.33 bits per heavy atom. The van der Waals surface area contributed by atoms with Gasteiger partial charge in [0.2, 0.25) is 0 Å². The highest BCUT2D eigenvalue weighted by Gasteiger charge is 2.54. The number of carbonyl (C=O) groups excluding carboxylic acids is 1. The standard InChI is InChI=1S/C19H27N2O2P/c1-12-16-10-13(19(16,2)3)11-17(12)21-18(22)20-14-6-8-15(9-7-14)24(4,5)23/h6-9,13,16-17H,1,10-11H2,2-5H3,(H2,20,21,22)/t13-,16+,17?/m1/s1. The zero-order valence-corrected chi connectivity index (χ0v) is 15.8. The minimum atomic E-state index is -2.26. The number of hydrogen-bond donors (Lipinski definition) is 2. The molecule has 4 nitrogen and oxygen atoms in total. The van der Waals surface area contributed by atoms with Gasteiger partial charge in [0.15, 0.2) is 0 Å². The van der Waals surface area contributed by atoms with Gasteiger partial charge in [0.1, 0.15) is 7.14 Å². The molecule has 0 aromatic heterocycles. The predicted molar refractivity (Wildman–Crippen MR) is 101 cm³/mol. The number of nitrogens with one attached hydrogen (secondary N) is 2. The average molecular weight is 346 g/mol. The number of urea groups is 1. The smallest absolute Gasteiger partial charge is 0.319 e. The maximum Gasteiger partial charge on any atom is 0.319 e. The van der Waals surface area contributed by atoms with Crippen molar-refractivity contribution < 1.29 is 9.36 Å². The number of hydrogen-bond acceptors (Lipinski definition) is 2. The van der Waals surface area contributed by atoms with E-state index in [0.717, 1.165) is 17.3 Å². The molecule has 4 rings (SSSR count). The van der Waals surface area contributed by atoms with Gasteiger partial charge in [-0.15, -0.1) is 0 Å². The van der Waals surface area contributed by atoms with Gasteiger partial charge in [0, 0.05) is 11.0 Å². The Hall–Kier alpha value is -1.54. The Bertz CT molecular complexity index is 717. The lowest BCUT2D eigenvalue weighted by molar-refractivity contribution is -0.0367. The third-order valence-electron chi connectivity index (χ3n) is 5.94. The molecule has 3 saturated carbocycles. The molecule has 2 N–H and O–H groups in total. The fourth-order valence-electron chi connectivity index (χ4n) is 4.10. The topological polar surface area (TPSA) is 58.2 Å². The van der Waals surface area contributed by atoms with Crippen molar-refractivity contribution in [3.8, 4) is 0 Å². The summed E-state index contributed by atoms with van der Waals surface area (Å²) in [4.78, 5) is 12.3. The van der Waals surface area contributed by atoms with Crippen LogP contribution in [0.15, 0.2) is 36.4 Å². The summed E-state index contributed by atoms with van der Waals surface area (Å²) in [6.45, 7) is 12.3. The summed E-state index contributed by atoms with van der Waals surface area (Å²) < 4.78 is 12.0. The van der Waals surface area contributed by atoms with Crippen LogP contribution in [0.1, 0.15) is 26.7 Å². The van der Waals surface area contributed by atoms with E-state index in [9.17, 15) is 9.36 Å². The molecule has 130 valence electrons. The zero-order valence-electron chi connectivity index (χ0n) is 14.9. The highest BCUT2D eigenvalue weighted by Crippen LogP contribution is 2.60. The summed E-state index contributed by atoms with van der Waals surface area (Å²) in [6.07, 6.45) is 2.19. The van der Waals surface area contributed by atoms with Crippen LogP contribution in [0.2, 0.25) is 0 Å². The normalized spacial score (nSPS) is 28.0. The van der Waals surface area contributed by atoms with Crippen LogP contribution in [0.4, 0.5) is 10.5 Å². The molecule has 3 aliphatic carbocycles. The summed E-state index contributed by atoms with van der Waals surface area (Å²) in [6, 6.07) is 7.08. The largest absolute Gasteiger partial charge is 0.331 e. The Kier molecular flexibility index (Phi) is 4.16. The minimum Gasteiger partial charge on any atom is -0.331 e. The van der Waals surface area contributed by atoms with Gasteiger partial charge < -0.3 is 15.2 Å². The van der Waals surface area contributed by atoms with E-state index in [0.29, 0.717) is 22.9 Å². The van der Waals surface area contributed by atoms with Gasteiger partial charge in [-0.1, -0.05) is 26.0 Å². The molecule has 0 radical (unpaired) electrons. The molecule has 2 amide bonds. The number of carbonyl (C=O) groups is 1. The number of amides is 2. The van der Waals surface area contributed by atoms with Crippen molar-refractivity contribution in [2.24, 2.45) is 17.3 Å². The van der Waals surface area contributed by atoms with E-state index < -0.39 is 7.14 Å². The summed E-state index contributed by atoms with van der Waals surface area (Å²) in [7, 11) is -2.26. The van der Waals surface area contributed by atoms with Crippen molar-refractivity contribution in [3.63, 3.8) is 0 Å². The van der Waals surface area contributed by atoms with E-state index in [1.807, 2.05) is 12.1 Å². The number of fused-ring (bicyclic) bond motifs is 2. The fraction of sp³-hybridized carbons (Fsp3) is 0.526. The summed E-state index contributed by atoms with van der Waals surface area (Å²) in [5.41, 5.74) is 2.19. The first-order chi connectivity index (χ1) is 11.1. The van der Waals surface area contributed by atoms with Crippen molar-refractivity contribution in [2.75, 3.05) is 18.6 Å². The second kappa shape index (κ2) is 5.77. The Balaban J connectivity index is 1.59. The monoisotopic (exact) mass is 346 g/mol. The molecular weight excluding hydrogens is 319 g/mol. The highest BCUT2D eigenvalue weighted by atomic mass is 31.2. The van der Waals surface area contributed by atoms with E-state index in [-0.39, 0.29) is 12.1 Å². The van der Waals surface area contributed by atoms with Gasteiger partial charge in [-0.3, -0.25) is 0 Å². The zero-order chi connectivity index (χ0) is 17.7. The van der Waals surface area contributed by atoms with E-state index in [1.54, 1.807) is 25.5 Å². The van der Waals surface area contributed by atoms with Gasteiger partial charge in [0.05, 0.1) is 6.04 Å². The van der Waals surface area contributed by atoms with Crippen molar-refractivity contribution in [1.29, 1.82) is 0 Å². The molecule has 0 saturated heterocycles. The van der Waals surface area contributed by atoms with Crippen molar-refractivity contribution in [2.45, 2.75) is 32.7 Å². The second-order valence-electron chi connectivity index (χ2n) is 8.17. The minimum absolute atomic E-state index is 0.0625. The summed E-state index contributed by atoms with van der Waals surface area (Å²) in [5.74, 6) is 1.19. The van der Waals surface area contributed by atoms with Crippen LogP contribution in [0.3, 0.4) is 0 Å². The van der Waals surface area contributed by atoms with Crippen LogP contribution in [-0.4, -0.2) is 25.4 Å². The van der Waals surface area contributed by atoms with Crippen molar-refractivity contribution in [1.82, 2.24) is 5.32 Å². The maximum absolute atomic E-state index is 12.3. The highest BCUT2D eigenvalue weighted by molar-refractivity contribution is 7.70. The Morgan fingerprint density at radius 2 is 1.83 bits per heavy atom. The third kappa shape index (κ3) is 3.04. The predicted octanol–water partition coefficient (Wildman–Crippen LogP) is 4.05. The molecule has 2 bridgehead atoms. The average Bonchev–Trinajstić information content (AvgIpc) is 2.48. The van der Waals surface area contributed by atoms with Gasteiger partial charge >= 0.3 is 6.03 Å². The molecule has 3 atom stereocenters. The van der Waals surface area contributed by atoms with Gasteiger partial charge in [-0.2, -0.15) is 0 Å². The van der Waals surface area contributed by atoms with E-state index in [1.165, 1.54) is 6.42 Å². The molecule has 0 aliphatic heterocycles. The van der Waals surface area contributed by atoms with Crippen LogP contribution in [-0.2, 0) is 4.57 Å². The van der Waals surface area contributed by atoms with Gasteiger partial charge in [-0.05, 0) is 67.7 Å². The fourth-order valence-corrected chi connectivity index (χ4v) is 4.97. The summed E-state index contributed by atoms with van der Waals surface area (Å²) in [5, 5.41) is 6.73. The molecule has 3 fully saturated rings. The summed E-state index contributed by atoms with van der Waals surface area (Å²) >= 11 is 0. The van der Waals surface area contributed by atoms with Gasteiger partial charge in [0.25, 0.3) is 0 Å². The first-order valence-electron chi connectivity index (χ1n) is 8.51. The number of rotatable bonds is 3. The molecule has 1 unspecified atom stereocenters. The van der Waals surface area contributed by atoms with E-state index >= 15 is 0 Å². The Morgan fingerprint density at radius 1 is 1.21 bits per heavy atom. The molecule has 0 heterocycles. The number of anilines is 1. The lowest BCUT2D eigenvalue weighted by Gasteiger charge is -2.59. The van der Waals surface area contributed by atoms with Crippen LogP contribution < -0.4 is 15.9 Å². The lowest BCUT2D eigenvalue weighted by Crippen LogP contribution is -2.57. The Labute approximate surface area is 144 Å². The second-order valence-corrected chi connectivity index (χ2v) is 11.4. The lowest BCUT2D eigenvalue weighted by atomic mass is 9.46. The SMILES string of the molecule is C=C1C(NC(=O)Nc2ccc(P(C)(C)=O)cc2)C[C@H]2C[C@@H]1C2(C)C. The first kappa shape index (κ1) is 17.3. The van der Waals surface area contributed by atoms with Crippen molar-refractivity contribution >= 4 is 24.2 Å².